The highest BCUT2D eigenvalue weighted by Gasteiger charge is 2.15. The Hall–Kier alpha value is 0.930. The van der Waals surface area contributed by atoms with E-state index in [9.17, 15) is 4.79 Å². The molecule has 0 spiro atoms. The summed E-state index contributed by atoms with van der Waals surface area (Å²) in [6.45, 7) is 2.83. The number of hydrogen-bond acceptors (Lipinski definition) is 2. The Bertz CT molecular complexity index is 198. The third-order valence-corrected chi connectivity index (χ3v) is 4.73. The summed E-state index contributed by atoms with van der Waals surface area (Å²) in [6, 6.07) is 0. The monoisotopic (exact) mass is 480 g/mol. The van der Waals surface area contributed by atoms with Gasteiger partial charge in [0, 0.05) is 0 Å². The number of halogens is 2. The highest BCUT2D eigenvalue weighted by molar-refractivity contribution is 14.1. The number of unbranched alkanes of at least 4 members (excludes halogenated alkanes) is 6. The lowest BCUT2D eigenvalue weighted by atomic mass is 10.1. The van der Waals surface area contributed by atoms with Crippen molar-refractivity contribution in [3.63, 3.8) is 0 Å². The topological polar surface area (TPSA) is 26.3 Å². The number of rotatable bonds is 12. The second-order valence-corrected chi connectivity index (χ2v) is 7.17. The maximum absolute atomic E-state index is 11.6. The fraction of sp³-hybridized carbons (Fsp3) is 0.929. The fourth-order valence-corrected chi connectivity index (χ4v) is 2.84. The van der Waals surface area contributed by atoms with Crippen LogP contribution in [0.5, 0.6) is 0 Å². The lowest BCUT2D eigenvalue weighted by molar-refractivity contribution is -0.142. The van der Waals surface area contributed by atoms with E-state index in [1.54, 1.807) is 0 Å². The van der Waals surface area contributed by atoms with Gasteiger partial charge in [-0.25, -0.2) is 0 Å². The molecule has 0 fully saturated rings. The van der Waals surface area contributed by atoms with Gasteiger partial charge in [0.15, 0.2) is 0 Å². The van der Waals surface area contributed by atoms with Crippen LogP contribution in [0, 0.1) is 0 Å². The average Bonchev–Trinajstić information content (AvgIpc) is 2.37. The molecule has 0 aliphatic heterocycles. The summed E-state index contributed by atoms with van der Waals surface area (Å²) in [7, 11) is 0. The van der Waals surface area contributed by atoms with Gasteiger partial charge in [-0.1, -0.05) is 90.6 Å². The SMILES string of the molecule is CCCCCCCCOC(=O)C(I)CCCCI. The third-order valence-electron chi connectivity index (χ3n) is 2.84. The Labute approximate surface area is 139 Å². The molecule has 0 heterocycles. The van der Waals surface area contributed by atoms with Gasteiger partial charge in [-0.05, 0) is 23.7 Å². The molecule has 0 saturated heterocycles. The van der Waals surface area contributed by atoms with Gasteiger partial charge < -0.3 is 4.74 Å². The molecular formula is C14H26I2O2. The highest BCUT2D eigenvalue weighted by Crippen LogP contribution is 2.13. The zero-order valence-electron chi connectivity index (χ0n) is 11.4. The molecule has 1 unspecified atom stereocenters. The van der Waals surface area contributed by atoms with Crippen LogP contribution in [0.3, 0.4) is 0 Å². The molecule has 0 saturated carbocycles. The molecule has 2 nitrogen and oxygen atoms in total. The van der Waals surface area contributed by atoms with Crippen LogP contribution in [0.2, 0.25) is 0 Å². The van der Waals surface area contributed by atoms with E-state index in [1.807, 2.05) is 0 Å². The molecule has 0 amide bonds. The van der Waals surface area contributed by atoms with Crippen LogP contribution < -0.4 is 0 Å². The summed E-state index contributed by atoms with van der Waals surface area (Å²) in [4.78, 5) is 11.6. The molecule has 0 aliphatic carbocycles. The van der Waals surface area contributed by atoms with Gasteiger partial charge in [0.1, 0.15) is 3.92 Å². The Morgan fingerprint density at radius 1 is 1.06 bits per heavy atom. The molecule has 0 aromatic carbocycles. The standard InChI is InChI=1S/C14H26I2O2/c1-2-3-4-5-6-9-12-18-14(17)13(16)10-7-8-11-15/h13H,2-12H2,1H3. The highest BCUT2D eigenvalue weighted by atomic mass is 127. The van der Waals surface area contributed by atoms with Crippen molar-refractivity contribution >= 4 is 51.2 Å². The maximum Gasteiger partial charge on any atom is 0.318 e. The van der Waals surface area contributed by atoms with E-state index in [0.717, 1.165) is 19.3 Å². The lowest BCUT2D eigenvalue weighted by Crippen LogP contribution is -2.18. The third kappa shape index (κ3) is 12.0. The molecule has 0 aromatic heterocycles. The van der Waals surface area contributed by atoms with E-state index in [-0.39, 0.29) is 9.89 Å². The van der Waals surface area contributed by atoms with Crippen LogP contribution in [-0.4, -0.2) is 20.9 Å². The fourth-order valence-electron chi connectivity index (χ4n) is 1.68. The van der Waals surface area contributed by atoms with Crippen molar-refractivity contribution in [2.24, 2.45) is 0 Å². The molecule has 0 radical (unpaired) electrons. The molecule has 0 aliphatic rings. The van der Waals surface area contributed by atoms with Crippen LogP contribution >= 0.6 is 45.2 Å². The van der Waals surface area contributed by atoms with Crippen LogP contribution in [0.1, 0.15) is 64.7 Å². The Balaban J connectivity index is 3.35. The number of alkyl halides is 2. The first-order chi connectivity index (χ1) is 8.72. The van der Waals surface area contributed by atoms with Crippen molar-refractivity contribution in [2.75, 3.05) is 11.0 Å². The van der Waals surface area contributed by atoms with Crippen molar-refractivity contribution in [1.29, 1.82) is 0 Å². The van der Waals surface area contributed by atoms with Gasteiger partial charge in [0.05, 0.1) is 6.61 Å². The van der Waals surface area contributed by atoms with Crippen LogP contribution in [0.15, 0.2) is 0 Å². The normalized spacial score (nSPS) is 12.4. The molecule has 18 heavy (non-hydrogen) atoms. The summed E-state index contributed by atoms with van der Waals surface area (Å²) < 4.78 is 6.51. The van der Waals surface area contributed by atoms with Gasteiger partial charge in [-0.15, -0.1) is 0 Å². The molecule has 108 valence electrons. The number of ether oxygens (including phenoxy) is 1. The molecule has 1 atom stereocenters. The van der Waals surface area contributed by atoms with Crippen molar-refractivity contribution in [3.05, 3.63) is 0 Å². The largest absolute Gasteiger partial charge is 0.465 e. The van der Waals surface area contributed by atoms with Crippen molar-refractivity contribution in [2.45, 2.75) is 68.6 Å². The van der Waals surface area contributed by atoms with Gasteiger partial charge in [-0.2, -0.15) is 0 Å². The molecule has 0 aromatic rings. The predicted octanol–water partition coefficient (Wildman–Crippen LogP) is 5.30. The average molecular weight is 480 g/mol. The predicted molar refractivity (Wildman–Crippen MR) is 94.9 cm³/mol. The minimum absolute atomic E-state index is 0.0161. The first kappa shape index (κ1) is 18.9. The van der Waals surface area contributed by atoms with Crippen molar-refractivity contribution in [1.82, 2.24) is 0 Å². The summed E-state index contributed by atoms with van der Waals surface area (Å²) in [5.74, 6) is -0.0161. The minimum Gasteiger partial charge on any atom is -0.465 e. The van der Waals surface area contributed by atoms with Crippen LogP contribution in [0.25, 0.3) is 0 Å². The van der Waals surface area contributed by atoms with E-state index in [1.165, 1.54) is 43.0 Å². The molecule has 0 bridgehead atoms. The van der Waals surface area contributed by atoms with E-state index in [0.29, 0.717) is 6.61 Å². The van der Waals surface area contributed by atoms with Gasteiger partial charge in [0.25, 0.3) is 0 Å². The van der Waals surface area contributed by atoms with Gasteiger partial charge in [-0.3, -0.25) is 4.79 Å². The second-order valence-electron chi connectivity index (χ2n) is 4.59. The number of hydrogen-bond donors (Lipinski definition) is 0. The molecule has 0 N–H and O–H groups in total. The van der Waals surface area contributed by atoms with Crippen LogP contribution in [0.4, 0.5) is 0 Å². The van der Waals surface area contributed by atoms with Crippen molar-refractivity contribution < 1.29 is 9.53 Å². The summed E-state index contributed by atoms with van der Waals surface area (Å²) in [6.07, 6.45) is 10.7. The Morgan fingerprint density at radius 3 is 2.39 bits per heavy atom. The van der Waals surface area contributed by atoms with E-state index in [4.69, 9.17) is 4.74 Å². The van der Waals surface area contributed by atoms with E-state index >= 15 is 0 Å². The Morgan fingerprint density at radius 2 is 1.72 bits per heavy atom. The van der Waals surface area contributed by atoms with Crippen molar-refractivity contribution in [3.8, 4) is 0 Å². The van der Waals surface area contributed by atoms with E-state index in [2.05, 4.69) is 52.1 Å². The first-order valence-corrected chi connectivity index (χ1v) is 9.86. The smallest absolute Gasteiger partial charge is 0.318 e. The summed E-state index contributed by atoms with van der Waals surface area (Å²) in [5, 5.41) is 0. The second kappa shape index (κ2) is 14.3. The summed E-state index contributed by atoms with van der Waals surface area (Å²) >= 11 is 4.58. The zero-order chi connectivity index (χ0) is 13.6. The number of esters is 1. The number of carbonyl (C=O) groups is 1. The molecular weight excluding hydrogens is 454 g/mol. The van der Waals surface area contributed by atoms with Crippen LogP contribution in [-0.2, 0) is 9.53 Å². The van der Waals surface area contributed by atoms with Gasteiger partial charge in [0.2, 0.25) is 0 Å². The lowest BCUT2D eigenvalue weighted by Gasteiger charge is -2.09. The zero-order valence-corrected chi connectivity index (χ0v) is 15.7. The quantitative estimate of drug-likeness (QED) is 0.164. The Kier molecular flexibility index (Phi) is 15.1. The summed E-state index contributed by atoms with van der Waals surface area (Å²) in [5.41, 5.74) is 0. The minimum atomic E-state index is -0.0161. The first-order valence-electron chi connectivity index (χ1n) is 7.09. The van der Waals surface area contributed by atoms with E-state index < -0.39 is 0 Å². The molecule has 4 heteroatoms. The maximum atomic E-state index is 11.6. The van der Waals surface area contributed by atoms with Gasteiger partial charge >= 0.3 is 5.97 Å². The molecule has 0 rings (SSSR count). The number of carbonyl (C=O) groups excluding carboxylic acids is 1.